The van der Waals surface area contributed by atoms with E-state index in [0.29, 0.717) is 35.3 Å². The minimum absolute atomic E-state index is 0.00314. The number of benzene rings is 8. The molecule has 0 saturated carbocycles. The molecule has 0 saturated heterocycles. The van der Waals surface area contributed by atoms with Crippen LogP contribution in [0.25, 0.3) is 43.1 Å². The van der Waals surface area contributed by atoms with Crippen LogP contribution in [0.4, 0.5) is 13.2 Å². The first-order valence-corrected chi connectivity index (χ1v) is 72.7. The van der Waals surface area contributed by atoms with Crippen molar-refractivity contribution in [2.75, 3.05) is 52.9 Å². The van der Waals surface area contributed by atoms with Crippen molar-refractivity contribution in [2.45, 2.75) is 318 Å². The molecule has 8 aromatic rings. The number of fused-ring (bicyclic) bond motifs is 4. The van der Waals surface area contributed by atoms with Crippen molar-refractivity contribution >= 4 is 110 Å². The van der Waals surface area contributed by atoms with Gasteiger partial charge in [-0.2, -0.15) is 0 Å². The molecule has 0 fully saturated rings. The lowest BCUT2D eigenvalue weighted by Crippen LogP contribution is -2.42. The lowest BCUT2D eigenvalue weighted by Gasteiger charge is -2.37. The normalized spacial score (nSPS) is 14.0. The van der Waals surface area contributed by atoms with Crippen LogP contribution >= 0.6 is 0 Å². The molecule has 8 rings (SSSR count). The summed E-state index contributed by atoms with van der Waals surface area (Å²) < 4.78 is 99.7. The van der Waals surface area contributed by atoms with Crippen LogP contribution in [0.15, 0.2) is 190 Å². The summed E-state index contributed by atoms with van der Waals surface area (Å²) in [7, 11) is -18.3. The van der Waals surface area contributed by atoms with E-state index in [4.69, 9.17) is 41.8 Å². The van der Waals surface area contributed by atoms with E-state index in [0.717, 1.165) is 105 Å². The van der Waals surface area contributed by atoms with E-state index in [1.54, 1.807) is 18.2 Å². The van der Waals surface area contributed by atoms with Crippen molar-refractivity contribution in [2.24, 2.45) is 0 Å². The van der Waals surface area contributed by atoms with Crippen LogP contribution in [0.3, 0.4) is 0 Å². The Labute approximate surface area is 857 Å². The molecule has 20 heteroatoms. The predicted octanol–water partition coefficient (Wildman–Crippen LogP) is 32.8. The molecule has 752 valence electrons. The highest BCUT2D eigenvalue weighted by Crippen LogP contribution is 2.45. The molecule has 0 aliphatic carbocycles. The second-order valence-electron chi connectivity index (χ2n) is 49.7. The zero-order chi connectivity index (χ0) is 106. The SMILES string of the molecule is C#C/C(CO[Si](C)(C)C(C)(C)C)=C(\C#Cc1ccc2cc(C#C/C(CO[Si](C)(C)C(C)(C)C)=C(/C#Cc3ccc4cc(C#C/C(CO[Si](C)(C)C(C)(C)C)=C(/C#Cc5ccc6cc(C#C/C(CO[Si](C)(C)C(C)(C)C)=C(/C#Cc7ccc8cc(OC(F)(F)F)ccc8c7)CO[Si](C)(C)C(C)(C)C)ccc6c5)CO[Si](C)(C)C(C)(C)C)ccc4c3)CO[Si](C)(C)C(C)(C)C)ccc2c1)CO[Si](C)(C)C(C)(C)C. The van der Waals surface area contributed by atoms with E-state index < -0.39 is 72.9 Å². The van der Waals surface area contributed by atoms with E-state index in [9.17, 15) is 13.2 Å². The Morgan fingerprint density at radius 3 is 0.489 bits per heavy atom. The van der Waals surface area contributed by atoms with Crippen molar-refractivity contribution in [1.29, 1.82) is 0 Å². The largest absolute Gasteiger partial charge is 0.573 e. The maximum Gasteiger partial charge on any atom is 0.573 e. The van der Waals surface area contributed by atoms with E-state index in [2.05, 4.69) is 468 Å². The maximum atomic E-state index is 13.2. The summed E-state index contributed by atoms with van der Waals surface area (Å²) in [6, 6.07) is 47.5. The third kappa shape index (κ3) is 33.1. The standard InChI is InChI=1S/C121H161F3O9Si8/c1-42-96(81-125-134(26,27)113(2,3)4)105(82-126-135(28,29)114(5,6)7)64-50-89-43-57-98-74-90(44-58-97(98)73-89)51-65-106(83-127-136(30,31)115(8,9)10)107(84-128-137(32,33)116(11,12)13)66-52-91-45-59-100-76-92(46-60-99(100)75-91)53-67-108(85-129-138(34,35)117(14,15)16)109(86-130-139(36,37)118(17,18)19)68-54-93-47-61-102-78-94(48-62-101(102)77-93)55-69-110(87-131-140(38,39)119(20,21)22)111(88-132-141(40,41)120(23,24)25)70-56-95-49-63-104-80-112(133-121(122,123)124)72-71-103(104)79-95/h1,43-49,57-63,71-80H,81-88H2,2-41H3/b105-96-,107-106+,109-108+,111-110+. The Kier molecular flexibility index (Phi) is 37.9. The number of rotatable bonds is 25. The quantitative estimate of drug-likeness (QED) is 0.0410. The molecule has 0 aliphatic rings. The summed E-state index contributed by atoms with van der Waals surface area (Å²) in [5.41, 5.74) is 11.8. The van der Waals surface area contributed by atoms with Gasteiger partial charge < -0.3 is 40.1 Å². The van der Waals surface area contributed by atoms with Crippen molar-refractivity contribution in [3.05, 3.63) is 229 Å². The molecule has 141 heavy (non-hydrogen) atoms. The predicted molar refractivity (Wildman–Crippen MR) is 613 cm³/mol. The van der Waals surface area contributed by atoms with Gasteiger partial charge in [0.2, 0.25) is 0 Å². The molecule has 9 nitrogen and oxygen atoms in total. The molecule has 0 radical (unpaired) electrons. The van der Waals surface area contributed by atoms with Gasteiger partial charge in [-0.15, -0.1) is 19.6 Å². The number of hydrogen-bond acceptors (Lipinski definition) is 9. The van der Waals surface area contributed by atoms with Gasteiger partial charge in [-0.25, -0.2) is 0 Å². The average Bonchev–Trinajstić information content (AvgIpc) is 0.816. The minimum atomic E-state index is -4.81. The molecule has 0 unspecified atom stereocenters. The van der Waals surface area contributed by atoms with Crippen LogP contribution in [-0.4, -0.2) is 126 Å². The van der Waals surface area contributed by atoms with Gasteiger partial charge in [0.1, 0.15) is 5.75 Å². The highest BCUT2D eigenvalue weighted by molar-refractivity contribution is 6.77. The Balaban J connectivity index is 1.20. The molecule has 8 aromatic carbocycles. The zero-order valence-electron chi connectivity index (χ0n) is 92.9. The summed E-state index contributed by atoms with van der Waals surface area (Å²) in [5, 5.41) is 6.94. The molecule has 0 aliphatic heterocycles. The van der Waals surface area contributed by atoms with Crippen LogP contribution in [-0.2, 0) is 35.4 Å². The third-order valence-corrected chi connectivity index (χ3v) is 66.6. The first kappa shape index (κ1) is 117. The first-order chi connectivity index (χ1) is 64.4. The summed E-state index contributed by atoms with van der Waals surface area (Å²) in [5.74, 6) is 52.6. The van der Waals surface area contributed by atoms with Gasteiger partial charge in [0.15, 0.2) is 66.5 Å². The number of alkyl halides is 3. The molecule has 0 spiro atoms. The fourth-order valence-corrected chi connectivity index (χ4v) is 19.6. The molecule has 0 aromatic heterocycles. The Hall–Kier alpha value is -8.75. The molecular formula is C121H161F3O9Si8. The molecule has 0 heterocycles. The lowest BCUT2D eigenvalue weighted by molar-refractivity contribution is -0.274. The second kappa shape index (κ2) is 45.5. The highest BCUT2D eigenvalue weighted by atomic mass is 28.4. The number of terminal acetylenes is 1. The summed E-state index contributed by atoms with van der Waals surface area (Å²) in [4.78, 5) is 0. The van der Waals surface area contributed by atoms with Crippen molar-refractivity contribution in [3.8, 4) is 101 Å². The minimum Gasteiger partial charge on any atom is -0.412 e. The van der Waals surface area contributed by atoms with E-state index in [-0.39, 0.29) is 85.7 Å². The Morgan fingerprint density at radius 2 is 0.348 bits per heavy atom. The van der Waals surface area contributed by atoms with E-state index >= 15 is 0 Å². The Morgan fingerprint density at radius 1 is 0.213 bits per heavy atom. The average molecular weight is 2040 g/mol. The topological polar surface area (TPSA) is 83.1 Å². The molecule has 0 amide bonds. The van der Waals surface area contributed by atoms with Crippen LogP contribution < -0.4 is 4.74 Å². The lowest BCUT2D eigenvalue weighted by atomic mass is 10.0. The number of ether oxygens (including phenoxy) is 1. The van der Waals surface area contributed by atoms with E-state index in [1.165, 1.54) is 12.1 Å². The number of halogens is 3. The van der Waals surface area contributed by atoms with Crippen LogP contribution in [0.2, 0.25) is 145 Å². The molecular weight excluding hydrogens is 1880 g/mol. The van der Waals surface area contributed by atoms with Gasteiger partial charge >= 0.3 is 6.36 Å². The van der Waals surface area contributed by atoms with Crippen LogP contribution in [0.5, 0.6) is 5.75 Å². The fraction of sp³-hybridized carbons (Fsp3) is 0.471. The second-order valence-corrected chi connectivity index (χ2v) is 88.2. The number of hydrogen-bond donors (Lipinski definition) is 0. The summed E-state index contributed by atoms with van der Waals surface area (Å²) >= 11 is 0. The van der Waals surface area contributed by atoms with Crippen molar-refractivity contribution in [3.63, 3.8) is 0 Å². The third-order valence-electron chi connectivity index (χ3n) is 30.8. The smallest absolute Gasteiger partial charge is 0.412 e. The Bertz CT molecular complexity index is 6560. The van der Waals surface area contributed by atoms with Crippen LogP contribution in [0, 0.1) is 95.2 Å². The van der Waals surface area contributed by atoms with Gasteiger partial charge in [-0.3, -0.25) is 0 Å². The highest BCUT2D eigenvalue weighted by Gasteiger charge is 2.45. The van der Waals surface area contributed by atoms with Gasteiger partial charge in [0.05, 0.1) is 52.9 Å². The molecule has 0 bridgehead atoms. The molecule has 0 N–H and O–H groups in total. The zero-order valence-corrected chi connectivity index (χ0v) is 101. The summed E-state index contributed by atoms with van der Waals surface area (Å²) in [6.45, 7) is 92.0. The van der Waals surface area contributed by atoms with Gasteiger partial charge in [0.25, 0.3) is 0 Å². The van der Waals surface area contributed by atoms with Crippen molar-refractivity contribution in [1.82, 2.24) is 0 Å². The summed E-state index contributed by atoms with van der Waals surface area (Å²) in [6.07, 6.45) is 1.49. The van der Waals surface area contributed by atoms with Crippen molar-refractivity contribution < 1.29 is 53.3 Å². The van der Waals surface area contributed by atoms with Gasteiger partial charge in [0, 0.05) is 83.5 Å². The first-order valence-electron chi connectivity index (χ1n) is 49.4. The van der Waals surface area contributed by atoms with E-state index in [1.807, 2.05) is 12.1 Å². The monoisotopic (exact) mass is 2040 g/mol. The van der Waals surface area contributed by atoms with Gasteiger partial charge in [-0.05, 0) is 285 Å². The fourth-order valence-electron chi connectivity index (χ4n) is 12.1. The maximum absolute atomic E-state index is 13.2. The van der Waals surface area contributed by atoms with Crippen LogP contribution in [0.1, 0.15) is 205 Å². The molecule has 0 atom stereocenters. The van der Waals surface area contributed by atoms with Gasteiger partial charge in [-0.1, -0.05) is 304 Å².